The first-order valence-corrected chi connectivity index (χ1v) is 12.2. The summed E-state index contributed by atoms with van der Waals surface area (Å²) in [5.74, 6) is 0.136. The van der Waals surface area contributed by atoms with Crippen LogP contribution in [0.1, 0.15) is 63.7 Å². The summed E-state index contributed by atoms with van der Waals surface area (Å²) < 4.78 is 5.19. The molecule has 2 heterocycles. The van der Waals surface area contributed by atoms with Crippen LogP contribution in [0, 0.1) is 17.3 Å². The number of carbonyl (C=O) groups excluding carboxylic acids is 4. The van der Waals surface area contributed by atoms with E-state index in [2.05, 4.69) is 26.1 Å². The molecule has 1 unspecified atom stereocenters. The average Bonchev–Trinajstić information content (AvgIpc) is 2.76. The maximum absolute atomic E-state index is 13.3. The molecule has 34 heavy (non-hydrogen) atoms. The molecule has 1 atom stereocenters. The third kappa shape index (κ3) is 6.29. The number of urea groups is 1. The molecule has 0 radical (unpaired) electrons. The maximum Gasteiger partial charge on any atom is 0.328 e. The summed E-state index contributed by atoms with van der Waals surface area (Å²) in [7, 11) is 0. The highest BCUT2D eigenvalue weighted by atomic mass is 35.5. The fraction of sp³-hybridized carbons (Fsp3) is 0.600. The van der Waals surface area contributed by atoms with Crippen LogP contribution in [0.25, 0.3) is 0 Å². The molecule has 0 spiro atoms. The number of nitrogens with one attached hydrogen (secondary N) is 1. The lowest BCUT2D eigenvalue weighted by Gasteiger charge is -2.42. The van der Waals surface area contributed by atoms with Gasteiger partial charge in [0.1, 0.15) is 0 Å². The van der Waals surface area contributed by atoms with E-state index in [-0.39, 0.29) is 36.2 Å². The van der Waals surface area contributed by atoms with E-state index in [1.165, 1.54) is 11.8 Å². The molecular weight excluding hydrogens is 458 g/mol. The van der Waals surface area contributed by atoms with Crippen LogP contribution in [0.4, 0.5) is 10.5 Å². The first-order valence-electron chi connectivity index (χ1n) is 11.8. The van der Waals surface area contributed by atoms with E-state index in [4.69, 9.17) is 16.3 Å². The Morgan fingerprint density at radius 1 is 1.18 bits per heavy atom. The number of ether oxygens (including phenoxy) is 1. The van der Waals surface area contributed by atoms with Crippen molar-refractivity contribution in [3.8, 4) is 0 Å². The standard InChI is InChI=1S/C25H34ClN3O5/c1-16(30)34-14-10-19(25(2,3)4)17-7-11-28(12-8-17)23(32)18-5-6-20(26)21(15-18)29-13-9-22(31)27-24(29)33/h5-6,15,17,19H,7-14H2,1-4H3,(H,27,31,33). The Morgan fingerprint density at radius 3 is 2.44 bits per heavy atom. The second-order valence-corrected chi connectivity index (χ2v) is 10.6. The molecule has 9 heteroatoms. The molecule has 2 aliphatic heterocycles. The number of esters is 1. The second kappa shape index (κ2) is 10.8. The second-order valence-electron chi connectivity index (χ2n) is 10.2. The van der Waals surface area contributed by atoms with E-state index in [0.29, 0.717) is 47.8 Å². The number of anilines is 1. The van der Waals surface area contributed by atoms with Crippen LogP contribution in [0.3, 0.4) is 0 Å². The largest absolute Gasteiger partial charge is 0.466 e. The first kappa shape index (κ1) is 26.0. The molecule has 2 saturated heterocycles. The Hall–Kier alpha value is -2.61. The van der Waals surface area contributed by atoms with Crippen LogP contribution in [-0.4, -0.2) is 55.0 Å². The quantitative estimate of drug-likeness (QED) is 0.600. The van der Waals surface area contributed by atoms with Crippen LogP contribution in [0.15, 0.2) is 18.2 Å². The third-order valence-corrected chi connectivity index (χ3v) is 7.10. The van der Waals surface area contributed by atoms with Crippen molar-refractivity contribution in [1.82, 2.24) is 10.2 Å². The summed E-state index contributed by atoms with van der Waals surface area (Å²) in [6.07, 6.45) is 2.75. The third-order valence-electron chi connectivity index (χ3n) is 6.78. The van der Waals surface area contributed by atoms with Gasteiger partial charge in [-0.3, -0.25) is 24.6 Å². The molecule has 0 aromatic heterocycles. The molecule has 8 nitrogen and oxygen atoms in total. The molecule has 0 bridgehead atoms. The van der Waals surface area contributed by atoms with Crippen molar-refractivity contribution < 1.29 is 23.9 Å². The number of amides is 4. The van der Waals surface area contributed by atoms with Gasteiger partial charge in [0.05, 0.1) is 17.3 Å². The number of hydrogen-bond donors (Lipinski definition) is 1. The Kier molecular flexibility index (Phi) is 8.23. The minimum atomic E-state index is -0.537. The topological polar surface area (TPSA) is 96.0 Å². The Balaban J connectivity index is 1.66. The molecule has 3 rings (SSSR count). The molecule has 1 N–H and O–H groups in total. The number of hydrogen-bond acceptors (Lipinski definition) is 5. The van der Waals surface area contributed by atoms with Crippen molar-refractivity contribution >= 4 is 41.1 Å². The van der Waals surface area contributed by atoms with E-state index in [1.807, 2.05) is 4.90 Å². The van der Waals surface area contributed by atoms with Gasteiger partial charge in [-0.25, -0.2) is 4.79 Å². The molecule has 2 aliphatic rings. The molecule has 4 amide bonds. The number of piperidine rings is 1. The van der Waals surface area contributed by atoms with E-state index in [1.54, 1.807) is 18.2 Å². The maximum atomic E-state index is 13.3. The van der Waals surface area contributed by atoms with Crippen LogP contribution < -0.4 is 10.2 Å². The lowest BCUT2D eigenvalue weighted by Crippen LogP contribution is -2.49. The molecule has 0 aliphatic carbocycles. The van der Waals surface area contributed by atoms with Gasteiger partial charge in [-0.05, 0) is 54.7 Å². The van der Waals surface area contributed by atoms with Gasteiger partial charge in [0.2, 0.25) is 5.91 Å². The first-order chi connectivity index (χ1) is 16.0. The monoisotopic (exact) mass is 491 g/mol. The predicted molar refractivity (Wildman–Crippen MR) is 130 cm³/mol. The molecule has 1 aromatic rings. The number of halogens is 1. The zero-order valence-corrected chi connectivity index (χ0v) is 21.1. The minimum Gasteiger partial charge on any atom is -0.466 e. The highest BCUT2D eigenvalue weighted by Crippen LogP contribution is 2.40. The zero-order chi connectivity index (χ0) is 25.0. The van der Waals surface area contributed by atoms with E-state index in [9.17, 15) is 19.2 Å². The summed E-state index contributed by atoms with van der Waals surface area (Å²) in [6.45, 7) is 9.97. The van der Waals surface area contributed by atoms with Crippen LogP contribution in [0.5, 0.6) is 0 Å². The van der Waals surface area contributed by atoms with Crippen LogP contribution >= 0.6 is 11.6 Å². The highest BCUT2D eigenvalue weighted by Gasteiger charge is 2.35. The van der Waals surface area contributed by atoms with E-state index in [0.717, 1.165) is 19.3 Å². The number of rotatable bonds is 6. The molecular formula is C25H34ClN3O5. The molecule has 0 saturated carbocycles. The summed E-state index contributed by atoms with van der Waals surface area (Å²) in [5.41, 5.74) is 0.953. The van der Waals surface area contributed by atoms with Crippen molar-refractivity contribution in [1.29, 1.82) is 0 Å². The number of likely N-dealkylation sites (tertiary alicyclic amines) is 1. The van der Waals surface area contributed by atoms with Gasteiger partial charge in [0.25, 0.3) is 5.91 Å². The SMILES string of the molecule is CC(=O)OCCC(C1CCN(C(=O)c2ccc(Cl)c(N3CCC(=O)NC3=O)c2)CC1)C(C)(C)C. The fourth-order valence-electron chi connectivity index (χ4n) is 5.04. The van der Waals surface area contributed by atoms with Gasteiger partial charge < -0.3 is 9.64 Å². The smallest absolute Gasteiger partial charge is 0.328 e. The summed E-state index contributed by atoms with van der Waals surface area (Å²) in [5, 5.41) is 2.63. The van der Waals surface area contributed by atoms with Gasteiger partial charge in [-0.15, -0.1) is 0 Å². The summed E-state index contributed by atoms with van der Waals surface area (Å²) in [6, 6.07) is 4.38. The lowest BCUT2D eigenvalue weighted by atomic mass is 9.68. The number of benzene rings is 1. The average molecular weight is 492 g/mol. The zero-order valence-electron chi connectivity index (χ0n) is 20.4. The van der Waals surface area contributed by atoms with Crippen molar-refractivity contribution in [3.63, 3.8) is 0 Å². The van der Waals surface area contributed by atoms with Gasteiger partial charge in [-0.1, -0.05) is 32.4 Å². The van der Waals surface area contributed by atoms with Gasteiger partial charge in [0, 0.05) is 38.5 Å². The highest BCUT2D eigenvalue weighted by molar-refractivity contribution is 6.34. The van der Waals surface area contributed by atoms with Crippen molar-refractivity contribution in [2.75, 3.05) is 31.1 Å². The number of nitrogens with zero attached hydrogens (tertiary/aromatic N) is 2. The van der Waals surface area contributed by atoms with E-state index < -0.39 is 6.03 Å². The van der Waals surface area contributed by atoms with Crippen LogP contribution in [-0.2, 0) is 14.3 Å². The fourth-order valence-corrected chi connectivity index (χ4v) is 5.26. The summed E-state index contributed by atoms with van der Waals surface area (Å²) >= 11 is 6.32. The van der Waals surface area contributed by atoms with Crippen molar-refractivity contribution in [2.24, 2.45) is 17.3 Å². The number of imide groups is 1. The van der Waals surface area contributed by atoms with Gasteiger partial charge in [-0.2, -0.15) is 0 Å². The Morgan fingerprint density at radius 2 is 1.85 bits per heavy atom. The van der Waals surface area contributed by atoms with Crippen LogP contribution in [0.2, 0.25) is 5.02 Å². The van der Waals surface area contributed by atoms with Gasteiger partial charge in [0.15, 0.2) is 0 Å². The molecule has 186 valence electrons. The van der Waals surface area contributed by atoms with Crippen molar-refractivity contribution in [2.45, 2.75) is 53.4 Å². The molecule has 2 fully saturated rings. The Labute approximate surface area is 205 Å². The summed E-state index contributed by atoms with van der Waals surface area (Å²) in [4.78, 5) is 51.4. The minimum absolute atomic E-state index is 0.0679. The van der Waals surface area contributed by atoms with Crippen molar-refractivity contribution in [3.05, 3.63) is 28.8 Å². The molecule has 1 aromatic carbocycles. The normalized spacial score (nSPS) is 18.5. The lowest BCUT2D eigenvalue weighted by molar-refractivity contribution is -0.141. The predicted octanol–water partition coefficient (Wildman–Crippen LogP) is 4.25. The van der Waals surface area contributed by atoms with E-state index >= 15 is 0 Å². The number of carbonyl (C=O) groups is 4. The van der Waals surface area contributed by atoms with Gasteiger partial charge >= 0.3 is 12.0 Å². The Bertz CT molecular complexity index is 950.